The van der Waals surface area contributed by atoms with Gasteiger partial charge in [0.25, 0.3) is 7.82 Å². The number of carbonyl (C=O) groups excluding carboxylic acids is 1. The first-order valence-corrected chi connectivity index (χ1v) is 26.5. The lowest BCUT2D eigenvalue weighted by Crippen LogP contribution is -2.51. The molecule has 0 heterocycles. The molecule has 61 heavy (non-hydrogen) atoms. The number of quaternary nitrogens is 1. The van der Waals surface area contributed by atoms with Crippen molar-refractivity contribution in [3.8, 4) is 0 Å². The fraction of sp³-hybridized carbons (Fsp3) is 0.824. The maximum Gasteiger partial charge on any atom is 0.268 e. The molecule has 0 aliphatic heterocycles. The monoisotopic (exact) mass is 881 g/mol. The molecule has 10 heteroatoms. The van der Waals surface area contributed by atoms with E-state index in [1.807, 2.05) is 21.1 Å². The van der Waals surface area contributed by atoms with Gasteiger partial charge in [0, 0.05) is 6.42 Å². The Morgan fingerprint density at radius 1 is 0.590 bits per heavy atom. The summed E-state index contributed by atoms with van der Waals surface area (Å²) in [6, 6.07) is -1.10. The SMILES string of the molecule is CCCCC/C=C/CC/C=C/CCCC(O)C(O)C(COP(=O)([O-])OCC[N+](C)(C)C)NC(=O)CCCCCCCCCCCCCCC/C=C\C/C=C\CCCCCCC. The molecule has 358 valence electrons. The molecule has 1 amide bonds. The third-order valence-corrected chi connectivity index (χ3v) is 12.1. The van der Waals surface area contributed by atoms with Gasteiger partial charge in [-0.25, -0.2) is 0 Å². The zero-order valence-electron chi connectivity index (χ0n) is 40.2. The Kier molecular flexibility index (Phi) is 41.3. The summed E-state index contributed by atoms with van der Waals surface area (Å²) in [7, 11) is 1.10. The molecule has 0 bridgehead atoms. The first-order valence-electron chi connectivity index (χ1n) is 25.1. The molecule has 0 aliphatic rings. The highest BCUT2D eigenvalue weighted by Gasteiger charge is 2.29. The molecule has 0 saturated carbocycles. The van der Waals surface area contributed by atoms with E-state index < -0.39 is 32.7 Å². The number of rotatable bonds is 45. The van der Waals surface area contributed by atoms with Gasteiger partial charge in [0.2, 0.25) is 5.91 Å². The number of phosphoric ester groups is 1. The zero-order valence-corrected chi connectivity index (χ0v) is 41.1. The summed E-state index contributed by atoms with van der Waals surface area (Å²) in [4.78, 5) is 25.4. The topological polar surface area (TPSA) is 128 Å². The number of hydrogen-bond donors (Lipinski definition) is 3. The Morgan fingerprint density at radius 2 is 1.00 bits per heavy atom. The summed E-state index contributed by atoms with van der Waals surface area (Å²) in [5.74, 6) is -0.295. The number of aliphatic hydroxyl groups excluding tert-OH is 2. The van der Waals surface area contributed by atoms with Crippen molar-refractivity contribution >= 4 is 13.7 Å². The summed E-state index contributed by atoms with van der Waals surface area (Å²) < 4.78 is 23.2. The molecule has 4 unspecified atom stereocenters. The van der Waals surface area contributed by atoms with E-state index in [0.717, 1.165) is 51.4 Å². The minimum Gasteiger partial charge on any atom is -0.756 e. The number of likely N-dealkylation sites (N-methyl/N-ethyl adjacent to an activating group) is 1. The van der Waals surface area contributed by atoms with Crippen molar-refractivity contribution < 1.29 is 38.0 Å². The number of nitrogens with zero attached hydrogens (tertiary/aromatic N) is 1. The van der Waals surface area contributed by atoms with Gasteiger partial charge in [0.05, 0.1) is 39.9 Å². The second-order valence-electron chi connectivity index (χ2n) is 18.3. The molecule has 9 nitrogen and oxygen atoms in total. The lowest BCUT2D eigenvalue weighted by molar-refractivity contribution is -0.870. The van der Waals surface area contributed by atoms with Crippen LogP contribution in [0.25, 0.3) is 0 Å². The van der Waals surface area contributed by atoms with Crippen LogP contribution in [-0.4, -0.2) is 79.8 Å². The molecule has 0 fully saturated rings. The van der Waals surface area contributed by atoms with Crippen molar-refractivity contribution in [2.45, 2.75) is 231 Å². The summed E-state index contributed by atoms with van der Waals surface area (Å²) in [6.45, 7) is 4.36. The Morgan fingerprint density at radius 3 is 1.51 bits per heavy atom. The maximum absolute atomic E-state index is 12.9. The largest absolute Gasteiger partial charge is 0.756 e. The first kappa shape index (κ1) is 59.4. The smallest absolute Gasteiger partial charge is 0.268 e. The summed E-state index contributed by atoms with van der Waals surface area (Å²) >= 11 is 0. The van der Waals surface area contributed by atoms with Crippen LogP contribution in [0.3, 0.4) is 0 Å². The minimum atomic E-state index is -4.68. The van der Waals surface area contributed by atoms with Crippen molar-refractivity contribution in [3.05, 3.63) is 48.6 Å². The van der Waals surface area contributed by atoms with Gasteiger partial charge in [-0.3, -0.25) is 9.36 Å². The number of phosphoric acid groups is 1. The standard InChI is InChI=1S/C51H97N2O7P/c1-6-8-10-12-14-16-18-20-21-22-23-24-25-26-27-28-29-30-31-32-34-36-38-40-42-44-50(55)52-48(47-60-61(57,58)59-46-45-53(3,4)5)51(56)49(54)43-41-39-37-35-33-19-17-15-13-11-9-7-2/h15,17-18,20,22-23,35,37,48-49,51,54,56H,6-14,16,19,21,24-34,36,38-47H2,1-5H3,(H-,52,55,57,58)/b17-15+,20-18-,23-22-,37-35+. The molecular weight excluding hydrogens is 784 g/mol. The molecule has 0 aromatic heterocycles. The van der Waals surface area contributed by atoms with E-state index in [-0.39, 0.29) is 18.9 Å². The zero-order chi connectivity index (χ0) is 45.1. The first-order chi connectivity index (χ1) is 29.4. The van der Waals surface area contributed by atoms with Gasteiger partial charge in [-0.05, 0) is 83.5 Å². The fourth-order valence-corrected chi connectivity index (χ4v) is 7.79. The minimum absolute atomic E-state index is 0.0498. The highest BCUT2D eigenvalue weighted by molar-refractivity contribution is 7.45. The van der Waals surface area contributed by atoms with Crippen LogP contribution in [0.1, 0.15) is 213 Å². The molecule has 0 spiro atoms. The third-order valence-electron chi connectivity index (χ3n) is 11.1. The fourth-order valence-electron chi connectivity index (χ4n) is 7.06. The molecule has 4 atom stereocenters. The molecular formula is C51H97N2O7P. The van der Waals surface area contributed by atoms with Crippen molar-refractivity contribution in [2.24, 2.45) is 0 Å². The lowest BCUT2D eigenvalue weighted by atomic mass is 10.0. The molecule has 0 aliphatic carbocycles. The maximum atomic E-state index is 12.9. The van der Waals surface area contributed by atoms with Crippen LogP contribution in [0.4, 0.5) is 0 Å². The number of carbonyl (C=O) groups is 1. The van der Waals surface area contributed by atoms with Crippen LogP contribution in [-0.2, 0) is 18.4 Å². The van der Waals surface area contributed by atoms with Gasteiger partial charge in [-0.2, -0.15) is 0 Å². The van der Waals surface area contributed by atoms with Gasteiger partial charge in [0.1, 0.15) is 19.3 Å². The molecule has 0 aromatic rings. The van der Waals surface area contributed by atoms with Crippen LogP contribution >= 0.6 is 7.82 Å². The Balaban J connectivity index is 4.32. The Bertz CT molecular complexity index is 1150. The Hall–Kier alpha value is -1.58. The highest BCUT2D eigenvalue weighted by Crippen LogP contribution is 2.38. The van der Waals surface area contributed by atoms with Crippen molar-refractivity contribution in [1.29, 1.82) is 0 Å². The summed E-state index contributed by atoms with van der Waals surface area (Å²) in [5.41, 5.74) is 0. The van der Waals surface area contributed by atoms with E-state index in [0.29, 0.717) is 30.3 Å². The van der Waals surface area contributed by atoms with Gasteiger partial charge < -0.3 is 34.0 Å². The van der Waals surface area contributed by atoms with Gasteiger partial charge in [-0.15, -0.1) is 0 Å². The van der Waals surface area contributed by atoms with E-state index in [2.05, 4.69) is 67.8 Å². The van der Waals surface area contributed by atoms with Crippen molar-refractivity contribution in [3.63, 3.8) is 0 Å². The summed E-state index contributed by atoms with van der Waals surface area (Å²) in [6.07, 6.45) is 50.2. The van der Waals surface area contributed by atoms with Crippen molar-refractivity contribution in [2.75, 3.05) is 40.9 Å². The van der Waals surface area contributed by atoms with Gasteiger partial charge in [-0.1, -0.05) is 172 Å². The third kappa shape index (κ3) is 43.5. The summed E-state index contributed by atoms with van der Waals surface area (Å²) in [5, 5.41) is 24.6. The van der Waals surface area contributed by atoms with E-state index in [1.165, 1.54) is 122 Å². The Labute approximate surface area is 376 Å². The van der Waals surface area contributed by atoms with Crippen LogP contribution in [0.15, 0.2) is 48.6 Å². The lowest BCUT2D eigenvalue weighted by Gasteiger charge is -2.31. The number of hydrogen-bond acceptors (Lipinski definition) is 7. The second kappa shape index (κ2) is 42.4. The van der Waals surface area contributed by atoms with Crippen LogP contribution in [0, 0.1) is 0 Å². The number of aliphatic hydroxyl groups is 2. The molecule has 0 radical (unpaired) electrons. The molecule has 0 rings (SSSR count). The van der Waals surface area contributed by atoms with E-state index in [1.54, 1.807) is 0 Å². The highest BCUT2D eigenvalue weighted by atomic mass is 31.2. The average molecular weight is 881 g/mol. The van der Waals surface area contributed by atoms with E-state index in [9.17, 15) is 24.5 Å². The predicted molar refractivity (Wildman–Crippen MR) is 257 cm³/mol. The molecule has 0 saturated heterocycles. The van der Waals surface area contributed by atoms with Gasteiger partial charge >= 0.3 is 0 Å². The van der Waals surface area contributed by atoms with Gasteiger partial charge in [0.15, 0.2) is 0 Å². The van der Waals surface area contributed by atoms with Crippen molar-refractivity contribution in [1.82, 2.24) is 5.32 Å². The van der Waals surface area contributed by atoms with Crippen LogP contribution in [0.5, 0.6) is 0 Å². The van der Waals surface area contributed by atoms with E-state index in [4.69, 9.17) is 9.05 Å². The normalized spacial score (nSPS) is 15.1. The number of nitrogens with one attached hydrogen (secondary N) is 1. The average Bonchev–Trinajstić information content (AvgIpc) is 3.21. The number of allylic oxidation sites excluding steroid dienone is 8. The van der Waals surface area contributed by atoms with E-state index >= 15 is 0 Å². The number of amides is 1. The van der Waals surface area contributed by atoms with Crippen LogP contribution < -0.4 is 10.2 Å². The molecule has 0 aromatic carbocycles. The number of unbranched alkanes of at least 4 members (excludes halogenated alkanes) is 23. The quantitative estimate of drug-likeness (QED) is 0.0240. The molecule has 3 N–H and O–H groups in total. The second-order valence-corrected chi connectivity index (χ2v) is 19.7. The van der Waals surface area contributed by atoms with Crippen LogP contribution in [0.2, 0.25) is 0 Å². The predicted octanol–water partition coefficient (Wildman–Crippen LogP) is 12.8.